The Kier molecular flexibility index (Phi) is 8.27. The number of hydrogen-bond donors (Lipinski definition) is 2. The van der Waals surface area contributed by atoms with Crippen LogP contribution in [0.3, 0.4) is 0 Å². The summed E-state index contributed by atoms with van der Waals surface area (Å²) in [6, 6.07) is 60.4. The SMILES string of the molecule is N=C1C=Cc2ccc3ccc(-c4nc(-c5ccccc5)cc(-c5cc(-c6ccccc6)cc(-c6ccccc6)c5)n4)cc3c2/C1=N/Nc1ccccc1. The molecule has 8 aromatic rings. The third-order valence-electron chi connectivity index (χ3n) is 9.54. The molecule has 1 heterocycles. The molecule has 0 spiro atoms. The Bertz CT molecular complexity index is 2630. The second-order valence-electron chi connectivity index (χ2n) is 13.0. The van der Waals surface area contributed by atoms with E-state index in [0.29, 0.717) is 17.2 Å². The summed E-state index contributed by atoms with van der Waals surface area (Å²) in [6.07, 6.45) is 3.79. The number of rotatable bonds is 7. The topological polar surface area (TPSA) is 74.0 Å². The van der Waals surface area contributed by atoms with Crippen LogP contribution in [0.15, 0.2) is 187 Å². The summed E-state index contributed by atoms with van der Waals surface area (Å²) in [5, 5.41) is 15.6. The molecule has 0 atom stereocenters. The highest BCUT2D eigenvalue weighted by molar-refractivity contribution is 6.55. The van der Waals surface area contributed by atoms with Gasteiger partial charge >= 0.3 is 0 Å². The molecule has 9 rings (SSSR count). The summed E-state index contributed by atoms with van der Waals surface area (Å²) >= 11 is 0. The summed E-state index contributed by atoms with van der Waals surface area (Å²) in [7, 11) is 0. The fourth-order valence-electron chi connectivity index (χ4n) is 6.87. The average molecular weight is 680 g/mol. The van der Waals surface area contributed by atoms with Gasteiger partial charge in [-0.3, -0.25) is 10.8 Å². The molecule has 0 amide bonds. The van der Waals surface area contributed by atoms with E-state index in [1.165, 1.54) is 0 Å². The Morgan fingerprint density at radius 3 is 1.64 bits per heavy atom. The minimum absolute atomic E-state index is 0.343. The summed E-state index contributed by atoms with van der Waals surface area (Å²) in [5.41, 5.74) is 15.9. The van der Waals surface area contributed by atoms with Gasteiger partial charge in [0.15, 0.2) is 5.82 Å². The highest BCUT2D eigenvalue weighted by Crippen LogP contribution is 2.36. The van der Waals surface area contributed by atoms with Crippen LogP contribution in [0.2, 0.25) is 0 Å². The molecule has 5 nitrogen and oxygen atoms in total. The fourth-order valence-corrected chi connectivity index (χ4v) is 6.87. The molecule has 53 heavy (non-hydrogen) atoms. The van der Waals surface area contributed by atoms with Crippen molar-refractivity contribution in [1.82, 2.24) is 9.97 Å². The van der Waals surface area contributed by atoms with Crippen molar-refractivity contribution in [2.24, 2.45) is 5.10 Å². The van der Waals surface area contributed by atoms with Crippen molar-refractivity contribution in [3.05, 3.63) is 193 Å². The first-order valence-electron chi connectivity index (χ1n) is 17.6. The van der Waals surface area contributed by atoms with Crippen molar-refractivity contribution >= 4 is 34.0 Å². The first-order chi connectivity index (χ1) is 26.2. The average Bonchev–Trinajstić information content (AvgIpc) is 3.24. The predicted molar refractivity (Wildman–Crippen MR) is 220 cm³/mol. The van der Waals surface area contributed by atoms with E-state index in [-0.39, 0.29) is 0 Å². The van der Waals surface area contributed by atoms with Gasteiger partial charge < -0.3 is 0 Å². The van der Waals surface area contributed by atoms with Gasteiger partial charge in [-0.05, 0) is 87.1 Å². The van der Waals surface area contributed by atoms with Crippen LogP contribution >= 0.6 is 0 Å². The maximum atomic E-state index is 8.86. The van der Waals surface area contributed by atoms with E-state index < -0.39 is 0 Å². The maximum Gasteiger partial charge on any atom is 0.160 e. The third kappa shape index (κ3) is 6.44. The normalized spacial score (nSPS) is 12.9. The standard InChI is InChI=1S/C48H33N5/c49-43-26-25-36-23-21-34-22-24-37(30-42(34)46(36)47(43)53-52-41-19-11-4-12-20-41)48-50-44(35-17-9-3-10-18-35)31-45(51-48)40-28-38(32-13-5-1-6-14-32)27-39(29-40)33-15-7-2-8-16-33/h1-31,49,52H/b49-43?,53-47+. The van der Waals surface area contributed by atoms with E-state index in [1.807, 2.05) is 66.7 Å². The highest BCUT2D eigenvalue weighted by Gasteiger charge is 2.21. The molecule has 0 fully saturated rings. The van der Waals surface area contributed by atoms with Crippen LogP contribution in [0.25, 0.3) is 73.0 Å². The van der Waals surface area contributed by atoms with Gasteiger partial charge in [0.05, 0.1) is 22.8 Å². The lowest BCUT2D eigenvalue weighted by atomic mass is 9.88. The van der Waals surface area contributed by atoms with E-state index in [2.05, 4.69) is 121 Å². The van der Waals surface area contributed by atoms with Crippen LogP contribution in [0.4, 0.5) is 5.69 Å². The minimum atomic E-state index is 0.343. The summed E-state index contributed by atoms with van der Waals surface area (Å²) in [6.45, 7) is 0. The number of benzene rings is 7. The van der Waals surface area contributed by atoms with Crippen LogP contribution in [-0.4, -0.2) is 21.4 Å². The van der Waals surface area contributed by atoms with E-state index in [1.54, 1.807) is 6.08 Å². The molecular weight excluding hydrogens is 647 g/mol. The van der Waals surface area contributed by atoms with Gasteiger partial charge in [-0.15, -0.1) is 0 Å². The molecule has 2 N–H and O–H groups in total. The summed E-state index contributed by atoms with van der Waals surface area (Å²) in [4.78, 5) is 10.5. The zero-order valence-corrected chi connectivity index (χ0v) is 28.7. The number of aromatic nitrogens is 2. The van der Waals surface area contributed by atoms with Gasteiger partial charge in [0.25, 0.3) is 0 Å². The number of allylic oxidation sites excluding steroid dienone is 1. The molecule has 1 aromatic heterocycles. The number of fused-ring (bicyclic) bond motifs is 3. The summed E-state index contributed by atoms with van der Waals surface area (Å²) < 4.78 is 0. The van der Waals surface area contributed by atoms with Crippen LogP contribution in [0, 0.1) is 5.41 Å². The molecule has 0 saturated heterocycles. The van der Waals surface area contributed by atoms with Crippen LogP contribution in [0.5, 0.6) is 0 Å². The second kappa shape index (κ2) is 13.8. The van der Waals surface area contributed by atoms with Crippen molar-refractivity contribution in [3.8, 4) is 56.2 Å². The lowest BCUT2D eigenvalue weighted by molar-refractivity contribution is 1.18. The number of nitrogens with zero attached hydrogens (tertiary/aromatic N) is 3. The largest absolute Gasteiger partial charge is 0.299 e. The van der Waals surface area contributed by atoms with E-state index in [0.717, 1.165) is 77.9 Å². The predicted octanol–water partition coefficient (Wildman–Crippen LogP) is 11.8. The Hall–Kier alpha value is -7.24. The minimum Gasteiger partial charge on any atom is -0.299 e. The van der Waals surface area contributed by atoms with Gasteiger partial charge in [-0.25, -0.2) is 9.97 Å². The fraction of sp³-hybridized carbons (Fsp3) is 0. The van der Waals surface area contributed by atoms with Crippen LogP contribution in [-0.2, 0) is 0 Å². The molecule has 0 unspecified atom stereocenters. The van der Waals surface area contributed by atoms with Crippen LogP contribution < -0.4 is 5.43 Å². The van der Waals surface area contributed by atoms with E-state index in [4.69, 9.17) is 20.5 Å². The lowest BCUT2D eigenvalue weighted by Crippen LogP contribution is -2.19. The number of para-hydroxylation sites is 1. The molecular formula is C48H33N5. The molecule has 0 bridgehead atoms. The number of anilines is 1. The second-order valence-corrected chi connectivity index (χ2v) is 13.0. The molecule has 1 aliphatic carbocycles. The van der Waals surface area contributed by atoms with Crippen molar-refractivity contribution in [1.29, 1.82) is 5.41 Å². The van der Waals surface area contributed by atoms with Gasteiger partial charge in [-0.2, -0.15) is 5.10 Å². The van der Waals surface area contributed by atoms with Crippen LogP contribution in [0.1, 0.15) is 11.1 Å². The molecule has 7 aromatic carbocycles. The lowest BCUT2D eigenvalue weighted by Gasteiger charge is -2.18. The number of hydrazone groups is 1. The van der Waals surface area contributed by atoms with Crippen molar-refractivity contribution < 1.29 is 0 Å². The molecule has 1 aliphatic rings. The maximum absolute atomic E-state index is 8.86. The van der Waals surface area contributed by atoms with Crippen molar-refractivity contribution in [2.75, 3.05) is 5.43 Å². The zero-order valence-electron chi connectivity index (χ0n) is 28.7. The molecule has 250 valence electrons. The summed E-state index contributed by atoms with van der Waals surface area (Å²) in [5.74, 6) is 0.620. The smallest absolute Gasteiger partial charge is 0.160 e. The molecule has 0 aliphatic heterocycles. The molecule has 5 heteroatoms. The molecule has 0 saturated carbocycles. The number of hydrogen-bond acceptors (Lipinski definition) is 5. The van der Waals surface area contributed by atoms with E-state index in [9.17, 15) is 0 Å². The van der Waals surface area contributed by atoms with Gasteiger partial charge in [0.1, 0.15) is 5.71 Å². The highest BCUT2D eigenvalue weighted by atomic mass is 15.3. The Morgan fingerprint density at radius 2 is 1.00 bits per heavy atom. The Morgan fingerprint density at radius 1 is 0.453 bits per heavy atom. The first kappa shape index (κ1) is 31.7. The quantitative estimate of drug-likeness (QED) is 0.165. The van der Waals surface area contributed by atoms with Crippen molar-refractivity contribution in [3.63, 3.8) is 0 Å². The van der Waals surface area contributed by atoms with Gasteiger partial charge in [0, 0.05) is 22.3 Å². The Balaban J connectivity index is 1.23. The first-order valence-corrected chi connectivity index (χ1v) is 17.6. The Labute approximate surface area is 308 Å². The number of nitrogens with one attached hydrogen (secondary N) is 2. The van der Waals surface area contributed by atoms with E-state index >= 15 is 0 Å². The van der Waals surface area contributed by atoms with Crippen molar-refractivity contribution in [2.45, 2.75) is 0 Å². The monoisotopic (exact) mass is 679 g/mol. The zero-order chi connectivity index (χ0) is 35.6. The van der Waals surface area contributed by atoms with Gasteiger partial charge in [-0.1, -0.05) is 140 Å². The third-order valence-corrected chi connectivity index (χ3v) is 9.54. The van der Waals surface area contributed by atoms with Gasteiger partial charge in [0.2, 0.25) is 0 Å². The molecule has 0 radical (unpaired) electrons.